The van der Waals surface area contributed by atoms with Crippen LogP contribution in [0.3, 0.4) is 0 Å². The van der Waals surface area contributed by atoms with Gasteiger partial charge in [0.05, 0.1) is 43.3 Å². The van der Waals surface area contributed by atoms with Crippen LogP contribution in [-0.2, 0) is 6.54 Å². The van der Waals surface area contributed by atoms with E-state index in [0.717, 1.165) is 17.7 Å². The van der Waals surface area contributed by atoms with E-state index in [9.17, 15) is 15.0 Å². The van der Waals surface area contributed by atoms with Gasteiger partial charge in [-0.15, -0.1) is 0 Å². The van der Waals surface area contributed by atoms with Gasteiger partial charge in [0.25, 0.3) is 0 Å². The molecular formula is C24H28N2O5. The van der Waals surface area contributed by atoms with Crippen LogP contribution in [0.1, 0.15) is 37.0 Å². The van der Waals surface area contributed by atoms with E-state index in [0.29, 0.717) is 42.3 Å². The van der Waals surface area contributed by atoms with Crippen molar-refractivity contribution >= 4 is 5.97 Å². The van der Waals surface area contributed by atoms with Gasteiger partial charge in [-0.1, -0.05) is 26.0 Å². The second kappa shape index (κ2) is 10.1. The first-order valence-electron chi connectivity index (χ1n) is 10.4. The molecule has 31 heavy (non-hydrogen) atoms. The summed E-state index contributed by atoms with van der Waals surface area (Å²) in [6, 6.07) is 14.2. The number of carboxylic acid groups (broad SMARTS) is 1. The zero-order chi connectivity index (χ0) is 22.4. The number of hydrogen-bond acceptors (Lipinski definition) is 5. The largest absolute Gasteiger partial charge is 0.496 e. The molecule has 164 valence electrons. The summed E-state index contributed by atoms with van der Waals surface area (Å²) in [6.45, 7) is 4.72. The highest BCUT2D eigenvalue weighted by molar-refractivity contribution is 5.90. The predicted molar refractivity (Wildman–Crippen MR) is 119 cm³/mol. The van der Waals surface area contributed by atoms with Crippen LogP contribution >= 0.6 is 0 Å². The van der Waals surface area contributed by atoms with Crippen molar-refractivity contribution in [2.45, 2.75) is 39.3 Å². The van der Waals surface area contributed by atoms with Crippen LogP contribution in [0, 0.1) is 0 Å². The highest BCUT2D eigenvalue weighted by Crippen LogP contribution is 2.36. The molecule has 0 aliphatic heterocycles. The maximum atomic E-state index is 11.6. The highest BCUT2D eigenvalue weighted by atomic mass is 16.5. The number of nitrogens with zero attached hydrogens (tertiary/aromatic N) is 2. The third kappa shape index (κ3) is 5.06. The fourth-order valence-electron chi connectivity index (χ4n) is 3.29. The number of aromatic nitrogens is 2. The average Bonchev–Trinajstić information content (AvgIpc) is 3.20. The molecule has 1 aromatic heterocycles. The molecule has 0 spiro atoms. The fraction of sp³-hybridized carbons (Fsp3) is 0.333. The molecule has 0 unspecified atom stereocenters. The third-order valence-electron chi connectivity index (χ3n) is 4.98. The molecular weight excluding hydrogens is 396 g/mol. The van der Waals surface area contributed by atoms with Gasteiger partial charge in [0, 0.05) is 11.1 Å². The monoisotopic (exact) mass is 424 g/mol. The van der Waals surface area contributed by atoms with E-state index in [-0.39, 0.29) is 5.56 Å². The molecule has 0 aliphatic rings. The van der Waals surface area contributed by atoms with Crippen LogP contribution in [0.15, 0.2) is 48.5 Å². The molecule has 3 aromatic rings. The molecule has 2 aromatic carbocycles. The van der Waals surface area contributed by atoms with Gasteiger partial charge in [0.1, 0.15) is 11.5 Å². The molecule has 3 rings (SSSR count). The number of carbonyl (C=O) groups is 1. The quantitative estimate of drug-likeness (QED) is 0.498. The van der Waals surface area contributed by atoms with Crippen molar-refractivity contribution in [1.82, 2.24) is 9.78 Å². The van der Waals surface area contributed by atoms with E-state index in [1.165, 1.54) is 6.07 Å². The number of aromatic carboxylic acids is 1. The summed E-state index contributed by atoms with van der Waals surface area (Å²) < 4.78 is 13.1. The minimum Gasteiger partial charge on any atom is -0.496 e. The normalized spacial score (nSPS) is 11.9. The van der Waals surface area contributed by atoms with Crippen molar-refractivity contribution in [2.24, 2.45) is 0 Å². The Bertz CT molecular complexity index is 1040. The van der Waals surface area contributed by atoms with Crippen LogP contribution in [0.2, 0.25) is 0 Å². The predicted octanol–water partition coefficient (Wildman–Crippen LogP) is 4.48. The van der Waals surface area contributed by atoms with Crippen LogP contribution in [0.4, 0.5) is 0 Å². The molecule has 1 atom stereocenters. The average molecular weight is 424 g/mol. The minimum absolute atomic E-state index is 0.154. The van der Waals surface area contributed by atoms with Crippen molar-refractivity contribution in [3.8, 4) is 34.0 Å². The zero-order valence-electron chi connectivity index (χ0n) is 18.0. The Kier molecular flexibility index (Phi) is 7.31. The van der Waals surface area contributed by atoms with E-state index >= 15 is 0 Å². The molecule has 0 fully saturated rings. The summed E-state index contributed by atoms with van der Waals surface area (Å²) >= 11 is 0. The lowest BCUT2D eigenvalue weighted by atomic mass is 10.0. The zero-order valence-corrected chi connectivity index (χ0v) is 18.0. The Balaban J connectivity index is 2.18. The van der Waals surface area contributed by atoms with Gasteiger partial charge in [-0.3, -0.25) is 4.68 Å². The Morgan fingerprint density at radius 1 is 1.10 bits per heavy atom. The summed E-state index contributed by atoms with van der Waals surface area (Å²) in [5.74, 6) is 0.233. The molecule has 7 nitrogen and oxygen atoms in total. The van der Waals surface area contributed by atoms with Crippen LogP contribution in [-0.4, -0.2) is 45.8 Å². The van der Waals surface area contributed by atoms with Crippen LogP contribution < -0.4 is 9.47 Å². The van der Waals surface area contributed by atoms with Crippen molar-refractivity contribution in [2.75, 3.05) is 13.7 Å². The Morgan fingerprint density at radius 2 is 1.87 bits per heavy atom. The van der Waals surface area contributed by atoms with Crippen LogP contribution in [0.25, 0.3) is 22.5 Å². The van der Waals surface area contributed by atoms with Gasteiger partial charge in [-0.2, -0.15) is 5.10 Å². The number of aliphatic hydroxyl groups is 1. The second-order valence-electron chi connectivity index (χ2n) is 7.22. The van der Waals surface area contributed by atoms with Gasteiger partial charge in [0.2, 0.25) is 0 Å². The molecule has 0 aliphatic carbocycles. The molecule has 0 amide bonds. The minimum atomic E-state index is -1.02. The van der Waals surface area contributed by atoms with Gasteiger partial charge in [-0.25, -0.2) is 4.79 Å². The topological polar surface area (TPSA) is 93.8 Å². The van der Waals surface area contributed by atoms with Gasteiger partial charge >= 0.3 is 5.97 Å². The van der Waals surface area contributed by atoms with Gasteiger partial charge < -0.3 is 19.7 Å². The van der Waals surface area contributed by atoms with Crippen molar-refractivity contribution < 1.29 is 24.5 Å². The first kappa shape index (κ1) is 22.4. The Labute approximate surface area is 181 Å². The Morgan fingerprint density at radius 3 is 2.55 bits per heavy atom. The number of aliphatic hydroxyl groups excluding tert-OH is 1. The van der Waals surface area contributed by atoms with E-state index in [2.05, 4.69) is 0 Å². The molecule has 0 saturated heterocycles. The highest BCUT2D eigenvalue weighted by Gasteiger charge is 2.20. The lowest BCUT2D eigenvalue weighted by Gasteiger charge is -2.13. The lowest BCUT2D eigenvalue weighted by Crippen LogP contribution is -2.16. The van der Waals surface area contributed by atoms with Gasteiger partial charge in [0.15, 0.2) is 0 Å². The van der Waals surface area contributed by atoms with E-state index < -0.39 is 12.1 Å². The fourth-order valence-corrected chi connectivity index (χ4v) is 3.29. The number of carboxylic acids is 1. The van der Waals surface area contributed by atoms with Crippen molar-refractivity contribution in [3.63, 3.8) is 0 Å². The number of hydrogen-bond donors (Lipinski definition) is 2. The second-order valence-corrected chi connectivity index (χ2v) is 7.22. The smallest absolute Gasteiger partial charge is 0.335 e. The standard InChI is InChI=1S/C24H28N2O5/c1-4-12-31-23-11-10-16(24(28)29)13-19(23)20-14-21(26(25-20)15-17(27)5-2)18-8-6-7-9-22(18)30-3/h6-11,13-14,17,27H,4-5,12,15H2,1-3H3,(H,28,29)/t17-/m0/s1. The Hall–Kier alpha value is -3.32. The molecule has 2 N–H and O–H groups in total. The number of rotatable bonds is 10. The van der Waals surface area contributed by atoms with Gasteiger partial charge in [-0.05, 0) is 49.2 Å². The molecule has 0 bridgehead atoms. The third-order valence-corrected chi connectivity index (χ3v) is 4.98. The maximum Gasteiger partial charge on any atom is 0.335 e. The molecule has 1 heterocycles. The SMILES string of the molecule is CCCOc1ccc(C(=O)O)cc1-c1cc(-c2ccccc2OC)n(C[C@@H](O)CC)n1. The number of methoxy groups -OCH3 is 1. The summed E-state index contributed by atoms with van der Waals surface area (Å²) in [5, 5.41) is 24.5. The lowest BCUT2D eigenvalue weighted by molar-refractivity contribution is 0.0697. The summed E-state index contributed by atoms with van der Waals surface area (Å²) in [5.41, 5.74) is 2.91. The number of benzene rings is 2. The van der Waals surface area contributed by atoms with E-state index in [4.69, 9.17) is 14.6 Å². The van der Waals surface area contributed by atoms with Crippen molar-refractivity contribution in [1.29, 1.82) is 0 Å². The van der Waals surface area contributed by atoms with Crippen LogP contribution in [0.5, 0.6) is 11.5 Å². The molecule has 0 radical (unpaired) electrons. The number of para-hydroxylation sites is 1. The first-order chi connectivity index (χ1) is 15.0. The number of ether oxygens (including phenoxy) is 2. The first-order valence-corrected chi connectivity index (χ1v) is 10.4. The summed E-state index contributed by atoms with van der Waals surface area (Å²) in [7, 11) is 1.61. The molecule has 0 saturated carbocycles. The maximum absolute atomic E-state index is 11.6. The van der Waals surface area contributed by atoms with E-state index in [1.54, 1.807) is 23.9 Å². The van der Waals surface area contributed by atoms with Crippen molar-refractivity contribution in [3.05, 3.63) is 54.1 Å². The molecule has 7 heteroatoms. The van der Waals surface area contributed by atoms with E-state index in [1.807, 2.05) is 44.2 Å². The summed E-state index contributed by atoms with van der Waals surface area (Å²) in [6.07, 6.45) is 0.839. The summed E-state index contributed by atoms with van der Waals surface area (Å²) in [4.78, 5) is 11.6.